The Labute approximate surface area is 149 Å². The predicted octanol–water partition coefficient (Wildman–Crippen LogP) is 3.58. The molecule has 2 N–H and O–H groups in total. The third kappa shape index (κ3) is 5.55. The van der Waals surface area contributed by atoms with Crippen LogP contribution in [0, 0.1) is 0 Å². The van der Waals surface area contributed by atoms with Gasteiger partial charge < -0.3 is 10.6 Å². The molecule has 0 radical (unpaired) electrons. The first-order chi connectivity index (χ1) is 12.3. The normalized spacial score (nSPS) is 15.4. The highest BCUT2D eigenvalue weighted by atomic mass is 16.2. The molecular formula is C20H26N4O. The first-order valence-electron chi connectivity index (χ1n) is 9.23. The third-order valence-electron chi connectivity index (χ3n) is 4.65. The van der Waals surface area contributed by atoms with Gasteiger partial charge in [0.1, 0.15) is 5.82 Å². The third-order valence-corrected chi connectivity index (χ3v) is 4.65. The summed E-state index contributed by atoms with van der Waals surface area (Å²) in [4.78, 5) is 12.3. The minimum absolute atomic E-state index is 0.116. The summed E-state index contributed by atoms with van der Waals surface area (Å²) in [6.45, 7) is 0.784. The number of amides is 1. The van der Waals surface area contributed by atoms with Gasteiger partial charge in [-0.15, -0.1) is 10.2 Å². The van der Waals surface area contributed by atoms with Gasteiger partial charge in [0.2, 0.25) is 0 Å². The van der Waals surface area contributed by atoms with Gasteiger partial charge in [0, 0.05) is 12.6 Å². The van der Waals surface area contributed by atoms with Gasteiger partial charge in [-0.3, -0.25) is 4.79 Å². The van der Waals surface area contributed by atoms with E-state index >= 15 is 0 Å². The molecule has 0 spiro atoms. The van der Waals surface area contributed by atoms with Gasteiger partial charge in [0.15, 0.2) is 5.69 Å². The van der Waals surface area contributed by atoms with Crippen molar-refractivity contribution in [2.45, 2.75) is 51.0 Å². The van der Waals surface area contributed by atoms with Gasteiger partial charge in [0.05, 0.1) is 0 Å². The van der Waals surface area contributed by atoms with Crippen LogP contribution in [0.25, 0.3) is 0 Å². The SMILES string of the molecule is O=C(NC1CCCCCC1)c1ccc(NCCc2ccccc2)nn1. The number of nitrogens with zero attached hydrogens (tertiary/aromatic N) is 2. The lowest BCUT2D eigenvalue weighted by Crippen LogP contribution is -2.35. The predicted molar refractivity (Wildman–Crippen MR) is 99.6 cm³/mol. The van der Waals surface area contributed by atoms with Crippen LogP contribution in [-0.4, -0.2) is 28.7 Å². The lowest BCUT2D eigenvalue weighted by Gasteiger charge is -2.15. The number of nitrogens with one attached hydrogen (secondary N) is 2. The molecule has 0 bridgehead atoms. The van der Waals surface area contributed by atoms with Crippen LogP contribution >= 0.6 is 0 Å². The Hall–Kier alpha value is -2.43. The molecule has 1 aromatic heterocycles. The lowest BCUT2D eigenvalue weighted by molar-refractivity contribution is 0.0927. The highest BCUT2D eigenvalue weighted by molar-refractivity contribution is 5.92. The van der Waals surface area contributed by atoms with E-state index in [4.69, 9.17) is 0 Å². The van der Waals surface area contributed by atoms with Crippen LogP contribution in [0.1, 0.15) is 54.6 Å². The van der Waals surface area contributed by atoms with E-state index in [1.165, 1.54) is 31.2 Å². The van der Waals surface area contributed by atoms with Gasteiger partial charge >= 0.3 is 0 Å². The van der Waals surface area contributed by atoms with Crippen LogP contribution in [0.5, 0.6) is 0 Å². The fourth-order valence-electron chi connectivity index (χ4n) is 3.21. The summed E-state index contributed by atoms with van der Waals surface area (Å²) < 4.78 is 0. The fourth-order valence-corrected chi connectivity index (χ4v) is 3.21. The van der Waals surface area contributed by atoms with E-state index in [1.807, 2.05) is 24.3 Å². The molecule has 3 rings (SSSR count). The molecule has 2 aromatic rings. The molecule has 25 heavy (non-hydrogen) atoms. The Morgan fingerprint density at radius 2 is 1.72 bits per heavy atom. The highest BCUT2D eigenvalue weighted by Gasteiger charge is 2.16. The summed E-state index contributed by atoms with van der Waals surface area (Å²) in [7, 11) is 0. The van der Waals surface area contributed by atoms with Crippen molar-refractivity contribution in [3.63, 3.8) is 0 Å². The van der Waals surface area contributed by atoms with Crippen molar-refractivity contribution in [2.24, 2.45) is 0 Å². The lowest BCUT2D eigenvalue weighted by atomic mass is 10.1. The molecule has 0 unspecified atom stereocenters. The van der Waals surface area contributed by atoms with Gasteiger partial charge in [-0.05, 0) is 37.0 Å². The Balaban J connectivity index is 1.46. The van der Waals surface area contributed by atoms with Crippen LogP contribution in [0.3, 0.4) is 0 Å². The Bertz CT molecular complexity index is 649. The van der Waals surface area contributed by atoms with E-state index in [9.17, 15) is 4.79 Å². The molecule has 0 aliphatic heterocycles. The summed E-state index contributed by atoms with van der Waals surface area (Å²) in [6.07, 6.45) is 8.00. The van der Waals surface area contributed by atoms with Crippen molar-refractivity contribution in [1.29, 1.82) is 0 Å². The van der Waals surface area contributed by atoms with Crippen molar-refractivity contribution in [1.82, 2.24) is 15.5 Å². The van der Waals surface area contributed by atoms with Crippen molar-refractivity contribution in [3.05, 3.63) is 53.7 Å². The Morgan fingerprint density at radius 1 is 0.960 bits per heavy atom. The summed E-state index contributed by atoms with van der Waals surface area (Å²) in [6, 6.07) is 14.1. The molecule has 1 amide bonds. The largest absolute Gasteiger partial charge is 0.368 e. The Kier molecular flexibility index (Phi) is 6.37. The van der Waals surface area contributed by atoms with Crippen molar-refractivity contribution >= 4 is 11.7 Å². The minimum atomic E-state index is -0.116. The maximum Gasteiger partial charge on any atom is 0.272 e. The van der Waals surface area contributed by atoms with Crippen LogP contribution in [-0.2, 0) is 6.42 Å². The maximum absolute atomic E-state index is 12.3. The first kappa shape index (κ1) is 17.4. The van der Waals surface area contributed by atoms with E-state index in [-0.39, 0.29) is 11.9 Å². The monoisotopic (exact) mass is 338 g/mol. The quantitative estimate of drug-likeness (QED) is 0.790. The number of aromatic nitrogens is 2. The second-order valence-corrected chi connectivity index (χ2v) is 6.63. The summed E-state index contributed by atoms with van der Waals surface area (Å²) in [5.74, 6) is 0.581. The molecule has 5 heteroatoms. The molecule has 0 saturated heterocycles. The van der Waals surface area contributed by atoms with Gasteiger partial charge in [-0.25, -0.2) is 0 Å². The van der Waals surface area contributed by atoms with Crippen molar-refractivity contribution in [2.75, 3.05) is 11.9 Å². The van der Waals surface area contributed by atoms with E-state index in [0.717, 1.165) is 25.8 Å². The number of carbonyl (C=O) groups excluding carboxylic acids is 1. The highest BCUT2D eigenvalue weighted by Crippen LogP contribution is 2.17. The molecule has 1 heterocycles. The van der Waals surface area contributed by atoms with Crippen LogP contribution < -0.4 is 10.6 Å². The number of carbonyl (C=O) groups is 1. The molecule has 132 valence electrons. The number of hydrogen-bond donors (Lipinski definition) is 2. The van der Waals surface area contributed by atoms with E-state index in [0.29, 0.717) is 11.5 Å². The molecule has 1 aliphatic carbocycles. The topological polar surface area (TPSA) is 66.9 Å². The second-order valence-electron chi connectivity index (χ2n) is 6.63. The van der Waals surface area contributed by atoms with E-state index in [2.05, 4.69) is 33.0 Å². The fraction of sp³-hybridized carbons (Fsp3) is 0.450. The van der Waals surface area contributed by atoms with Crippen LogP contribution in [0.4, 0.5) is 5.82 Å². The second kappa shape index (κ2) is 9.16. The van der Waals surface area contributed by atoms with Gasteiger partial charge in [0.25, 0.3) is 5.91 Å². The standard InChI is InChI=1S/C20H26N4O/c25-20(22-17-10-6-1-2-7-11-17)18-12-13-19(24-23-18)21-15-14-16-8-4-3-5-9-16/h3-5,8-9,12-13,17H,1-2,6-7,10-11,14-15H2,(H,21,24)(H,22,25). The Morgan fingerprint density at radius 3 is 2.40 bits per heavy atom. The molecular weight excluding hydrogens is 312 g/mol. The zero-order valence-electron chi connectivity index (χ0n) is 14.6. The number of benzene rings is 1. The molecule has 1 aliphatic rings. The number of hydrogen-bond acceptors (Lipinski definition) is 4. The van der Waals surface area contributed by atoms with Gasteiger partial charge in [-0.2, -0.15) is 0 Å². The van der Waals surface area contributed by atoms with E-state index < -0.39 is 0 Å². The van der Waals surface area contributed by atoms with Crippen molar-refractivity contribution in [3.8, 4) is 0 Å². The van der Waals surface area contributed by atoms with Crippen LogP contribution in [0.2, 0.25) is 0 Å². The first-order valence-corrected chi connectivity index (χ1v) is 9.23. The molecule has 1 fully saturated rings. The van der Waals surface area contributed by atoms with Gasteiger partial charge in [-0.1, -0.05) is 56.0 Å². The molecule has 1 aromatic carbocycles. The average Bonchev–Trinajstić information content (AvgIpc) is 2.92. The summed E-state index contributed by atoms with van der Waals surface area (Å²) >= 11 is 0. The number of rotatable bonds is 6. The smallest absolute Gasteiger partial charge is 0.272 e. The maximum atomic E-state index is 12.3. The molecule has 0 atom stereocenters. The summed E-state index contributed by atoms with van der Waals surface area (Å²) in [5, 5.41) is 14.5. The molecule has 5 nitrogen and oxygen atoms in total. The van der Waals surface area contributed by atoms with Crippen molar-refractivity contribution < 1.29 is 4.79 Å². The van der Waals surface area contributed by atoms with Crippen LogP contribution in [0.15, 0.2) is 42.5 Å². The number of anilines is 1. The molecule has 1 saturated carbocycles. The minimum Gasteiger partial charge on any atom is -0.368 e. The summed E-state index contributed by atoms with van der Waals surface area (Å²) in [5.41, 5.74) is 1.67. The van der Waals surface area contributed by atoms with E-state index in [1.54, 1.807) is 6.07 Å². The average molecular weight is 338 g/mol. The zero-order valence-corrected chi connectivity index (χ0v) is 14.6. The zero-order chi connectivity index (χ0) is 17.3.